The van der Waals surface area contributed by atoms with Gasteiger partial charge in [-0.1, -0.05) is 0 Å². The first-order valence-corrected chi connectivity index (χ1v) is 12.5. The molecule has 0 fully saturated rings. The Hall–Kier alpha value is -4.90. The van der Waals surface area contributed by atoms with Crippen LogP contribution < -0.4 is 20.3 Å². The van der Waals surface area contributed by atoms with Crippen LogP contribution in [0.25, 0.3) is 0 Å². The SMILES string of the molecule is CC(=O)C(C(=O)O)(C(=O)O)C(=O)NPNC(=O)CC(=O)O.CC(=O)CC(=O)NPNC(=O)C(C(C)=O)(C(=O)O)C(=O)O. The van der Waals surface area contributed by atoms with Crippen molar-refractivity contribution in [3.63, 3.8) is 0 Å². The molecule has 0 aliphatic carbocycles. The Morgan fingerprint density at radius 3 is 1.00 bits per heavy atom. The van der Waals surface area contributed by atoms with Crippen molar-refractivity contribution in [3.05, 3.63) is 0 Å². The van der Waals surface area contributed by atoms with E-state index < -0.39 is 112 Å². The molecule has 21 nitrogen and oxygen atoms in total. The summed E-state index contributed by atoms with van der Waals surface area (Å²) >= 11 is 0. The van der Waals surface area contributed by atoms with Gasteiger partial charge in [0.1, 0.15) is 12.2 Å². The fourth-order valence-corrected chi connectivity index (χ4v) is 3.63. The number of amides is 4. The lowest BCUT2D eigenvalue weighted by Crippen LogP contribution is -2.55. The first-order chi connectivity index (χ1) is 19.1. The Kier molecular flexibility index (Phi) is 15.9. The minimum atomic E-state index is -3.33. The molecule has 0 aromatic carbocycles. The molecule has 0 aromatic rings. The summed E-state index contributed by atoms with van der Waals surface area (Å²) in [6.45, 7) is 2.43. The van der Waals surface area contributed by atoms with Gasteiger partial charge < -0.3 is 45.9 Å². The number of rotatable bonds is 16. The molecule has 2 atom stereocenters. The van der Waals surface area contributed by atoms with Crippen molar-refractivity contribution in [1.29, 1.82) is 0 Å². The van der Waals surface area contributed by atoms with Crippen LogP contribution in [0.1, 0.15) is 33.6 Å². The summed E-state index contributed by atoms with van der Waals surface area (Å²) in [5.74, 6) is -18.3. The number of carbonyl (C=O) groups is 12. The summed E-state index contributed by atoms with van der Waals surface area (Å²) < 4.78 is 0. The number of nitrogens with one attached hydrogen (secondary N) is 4. The van der Waals surface area contributed by atoms with E-state index in [4.69, 9.17) is 25.5 Å². The maximum absolute atomic E-state index is 11.7. The first kappa shape index (κ1) is 39.2. The Labute approximate surface area is 236 Å². The molecule has 4 amide bonds. The summed E-state index contributed by atoms with van der Waals surface area (Å²) in [7, 11) is -1.88. The molecule has 0 radical (unpaired) electrons. The van der Waals surface area contributed by atoms with Crippen molar-refractivity contribution in [2.45, 2.75) is 33.6 Å². The number of Topliss-reactive ketones (excluding diaryl/α,β-unsaturated/α-hetero) is 3. The second kappa shape index (κ2) is 17.0. The standard InChI is InChI=1S/C10H13N2O8P.C9H11N2O9P/c1-4(13)3-6(15)11-21-12-7(16)10(5(2)14,8(17)18)9(19)20;1-3(12)9(7(17)18,8(19)20)6(16)11-21-10-4(13)2-5(14)15/h21H,3H2,1-2H3,(H,11,15)(H,12,16)(H,17,18)(H,19,20);21H,2H2,1H3,(H,10,13)(H,11,16)(H,14,15)(H,17,18)(H,19,20). The summed E-state index contributed by atoms with van der Waals surface area (Å²) in [4.78, 5) is 133. The minimum absolute atomic E-state index is 0.433. The highest BCUT2D eigenvalue weighted by atomic mass is 31.1. The largest absolute Gasteiger partial charge is 0.481 e. The normalized spacial score (nSPS) is 10.9. The number of aliphatic carboxylic acids is 5. The number of ketones is 3. The van der Waals surface area contributed by atoms with E-state index in [9.17, 15) is 57.5 Å². The summed E-state index contributed by atoms with van der Waals surface area (Å²) in [5, 5.41) is 51.3. The van der Waals surface area contributed by atoms with Gasteiger partial charge in [0, 0.05) is 0 Å². The van der Waals surface area contributed by atoms with Crippen LogP contribution in [0.2, 0.25) is 0 Å². The average molecular weight is 642 g/mol. The molecule has 9 N–H and O–H groups in total. The van der Waals surface area contributed by atoms with Gasteiger partial charge in [0.2, 0.25) is 11.8 Å². The van der Waals surface area contributed by atoms with Crippen LogP contribution in [-0.4, -0.2) is 96.4 Å². The summed E-state index contributed by atoms with van der Waals surface area (Å²) in [5.41, 5.74) is -6.61. The molecule has 2 unspecified atom stereocenters. The maximum atomic E-state index is 11.7. The third-order valence-electron chi connectivity index (χ3n) is 4.50. The zero-order valence-corrected chi connectivity index (χ0v) is 23.5. The zero-order valence-electron chi connectivity index (χ0n) is 21.5. The van der Waals surface area contributed by atoms with Gasteiger partial charge in [0.15, 0.2) is 11.6 Å². The van der Waals surface area contributed by atoms with Gasteiger partial charge in [0.25, 0.3) is 22.6 Å². The topological polar surface area (TPSA) is 354 Å². The quantitative estimate of drug-likeness (QED) is 0.0579. The lowest BCUT2D eigenvalue weighted by Gasteiger charge is -2.20. The van der Waals surface area contributed by atoms with Crippen LogP contribution in [0.4, 0.5) is 0 Å². The first-order valence-electron chi connectivity index (χ1n) is 10.5. The second-order valence-electron chi connectivity index (χ2n) is 7.54. The van der Waals surface area contributed by atoms with Crippen LogP contribution in [0, 0.1) is 10.8 Å². The zero-order chi connectivity index (χ0) is 33.6. The van der Waals surface area contributed by atoms with E-state index in [1.54, 1.807) is 5.09 Å². The van der Waals surface area contributed by atoms with E-state index in [1.807, 2.05) is 10.2 Å². The predicted molar refractivity (Wildman–Crippen MR) is 134 cm³/mol. The van der Waals surface area contributed by atoms with Crippen molar-refractivity contribution in [2.75, 3.05) is 0 Å². The third-order valence-corrected chi connectivity index (χ3v) is 6.01. The molecular weight excluding hydrogens is 618 g/mol. The van der Waals surface area contributed by atoms with Gasteiger partial charge in [-0.3, -0.25) is 38.4 Å². The highest BCUT2D eigenvalue weighted by Crippen LogP contribution is 2.23. The van der Waals surface area contributed by atoms with E-state index in [0.29, 0.717) is 13.8 Å². The number of hydrogen-bond acceptors (Lipinski definition) is 12. The lowest BCUT2D eigenvalue weighted by molar-refractivity contribution is -0.174. The fraction of sp³-hybridized carbons (Fsp3) is 0.368. The monoisotopic (exact) mass is 642 g/mol. The van der Waals surface area contributed by atoms with Crippen LogP contribution >= 0.6 is 17.8 Å². The number of carbonyl (C=O) groups excluding carboxylic acids is 7. The number of carboxylic acids is 5. The van der Waals surface area contributed by atoms with Crippen molar-refractivity contribution in [1.82, 2.24) is 20.3 Å². The molecule has 0 saturated carbocycles. The molecule has 0 heterocycles. The van der Waals surface area contributed by atoms with Gasteiger partial charge >= 0.3 is 29.8 Å². The van der Waals surface area contributed by atoms with Crippen molar-refractivity contribution in [3.8, 4) is 0 Å². The molecule has 232 valence electrons. The summed E-state index contributed by atoms with van der Waals surface area (Å²) in [6, 6.07) is 0. The second-order valence-corrected chi connectivity index (χ2v) is 9.04. The number of hydrogen-bond donors (Lipinski definition) is 9. The smallest absolute Gasteiger partial charge is 0.338 e. The maximum Gasteiger partial charge on any atom is 0.338 e. The van der Waals surface area contributed by atoms with Crippen molar-refractivity contribution < 1.29 is 83.1 Å². The van der Waals surface area contributed by atoms with Crippen LogP contribution in [0.3, 0.4) is 0 Å². The van der Waals surface area contributed by atoms with E-state index in [-0.39, 0.29) is 0 Å². The molecule has 23 heteroatoms. The Morgan fingerprint density at radius 2 is 0.786 bits per heavy atom. The molecule has 0 aliphatic rings. The van der Waals surface area contributed by atoms with Gasteiger partial charge in [0.05, 0.1) is 24.2 Å². The highest BCUT2D eigenvalue weighted by Gasteiger charge is 2.59. The van der Waals surface area contributed by atoms with Gasteiger partial charge in [-0.15, -0.1) is 0 Å². The molecule has 0 rings (SSSR count). The lowest BCUT2D eigenvalue weighted by atomic mass is 9.83. The Balaban J connectivity index is 0. The van der Waals surface area contributed by atoms with Gasteiger partial charge in [-0.2, -0.15) is 0 Å². The molecule has 0 spiro atoms. The van der Waals surface area contributed by atoms with E-state index >= 15 is 0 Å². The molecule has 0 aromatic heterocycles. The van der Waals surface area contributed by atoms with E-state index in [2.05, 4.69) is 5.09 Å². The summed E-state index contributed by atoms with van der Waals surface area (Å²) in [6.07, 6.45) is -1.34. The van der Waals surface area contributed by atoms with E-state index in [1.165, 1.54) is 0 Å². The average Bonchev–Trinajstić information content (AvgIpc) is 2.77. The van der Waals surface area contributed by atoms with Gasteiger partial charge in [-0.05, 0) is 20.8 Å². The molecule has 0 bridgehead atoms. The molecule has 42 heavy (non-hydrogen) atoms. The predicted octanol–water partition coefficient (Wildman–Crippen LogP) is -3.60. The Morgan fingerprint density at radius 1 is 0.500 bits per heavy atom. The van der Waals surface area contributed by atoms with Crippen molar-refractivity contribution in [2.24, 2.45) is 10.8 Å². The minimum Gasteiger partial charge on any atom is -0.481 e. The van der Waals surface area contributed by atoms with Gasteiger partial charge in [-0.25, -0.2) is 19.2 Å². The van der Waals surface area contributed by atoms with E-state index in [0.717, 1.165) is 6.92 Å². The highest BCUT2D eigenvalue weighted by molar-refractivity contribution is 7.35. The van der Waals surface area contributed by atoms with Crippen LogP contribution in [-0.2, 0) is 57.5 Å². The van der Waals surface area contributed by atoms with Crippen LogP contribution in [0.5, 0.6) is 0 Å². The fourth-order valence-electron chi connectivity index (χ4n) is 2.45. The number of carboxylic acid groups (broad SMARTS) is 5. The van der Waals surface area contributed by atoms with Crippen LogP contribution in [0.15, 0.2) is 0 Å². The van der Waals surface area contributed by atoms with Crippen molar-refractivity contribution >= 4 is 88.6 Å². The third kappa shape index (κ3) is 10.3. The Bertz CT molecular complexity index is 1050. The molecule has 0 aliphatic heterocycles. The molecule has 0 saturated heterocycles. The molecular formula is C19H24N4O17P2.